The Hall–Kier alpha value is -4.65. The third kappa shape index (κ3) is 9.67. The molecule has 14 heteroatoms. The SMILES string of the molecule is O=C(Nc1ccc(Cl)cn1)c1ccccc1NC(=O)c1ccc(-c2ccc(Cl)cc2)cc1OC1CCNCC1.O=C(O)C(F)(F)F. The molecule has 0 spiro atoms. The van der Waals surface area contributed by atoms with Crippen LogP contribution in [0.1, 0.15) is 33.6 Å². The highest BCUT2D eigenvalue weighted by atomic mass is 35.5. The number of nitrogens with one attached hydrogen (secondary N) is 3. The topological polar surface area (TPSA) is 130 Å². The van der Waals surface area contributed by atoms with Crippen LogP contribution >= 0.6 is 23.2 Å². The van der Waals surface area contributed by atoms with Gasteiger partial charge in [0, 0.05) is 11.2 Å². The second-order valence-corrected chi connectivity index (χ2v) is 10.8. The van der Waals surface area contributed by atoms with E-state index in [1.807, 2.05) is 36.4 Å². The number of pyridine rings is 1. The van der Waals surface area contributed by atoms with Gasteiger partial charge in [-0.25, -0.2) is 9.78 Å². The number of hydrogen-bond acceptors (Lipinski definition) is 6. The Morgan fingerprint density at radius 2 is 1.43 bits per heavy atom. The highest BCUT2D eigenvalue weighted by Gasteiger charge is 2.38. The minimum atomic E-state index is -5.08. The number of benzene rings is 3. The van der Waals surface area contributed by atoms with Gasteiger partial charge in [-0.15, -0.1) is 0 Å². The summed E-state index contributed by atoms with van der Waals surface area (Å²) < 4.78 is 38.1. The number of rotatable bonds is 7. The van der Waals surface area contributed by atoms with Gasteiger partial charge in [0.1, 0.15) is 17.7 Å². The molecular weight excluding hydrogens is 648 g/mol. The molecule has 1 aliphatic rings. The largest absolute Gasteiger partial charge is 0.490 e. The molecule has 2 amide bonds. The molecule has 5 rings (SSSR count). The van der Waals surface area contributed by atoms with Gasteiger partial charge in [0.25, 0.3) is 11.8 Å². The van der Waals surface area contributed by atoms with Crippen molar-refractivity contribution in [3.8, 4) is 16.9 Å². The van der Waals surface area contributed by atoms with Gasteiger partial charge in [-0.2, -0.15) is 13.2 Å². The van der Waals surface area contributed by atoms with E-state index in [2.05, 4.69) is 20.9 Å². The van der Waals surface area contributed by atoms with Crippen LogP contribution in [0.5, 0.6) is 5.75 Å². The first kappa shape index (κ1) is 34.2. The molecule has 0 aliphatic carbocycles. The number of aromatic nitrogens is 1. The van der Waals surface area contributed by atoms with E-state index in [0.29, 0.717) is 38.4 Å². The molecule has 2 heterocycles. The molecule has 46 heavy (non-hydrogen) atoms. The summed E-state index contributed by atoms with van der Waals surface area (Å²) in [6, 6.07) is 23.0. The molecule has 0 atom stereocenters. The van der Waals surface area contributed by atoms with Crippen molar-refractivity contribution in [2.45, 2.75) is 25.1 Å². The first-order valence-corrected chi connectivity index (χ1v) is 14.6. The summed E-state index contributed by atoms with van der Waals surface area (Å²) in [5, 5.41) is 17.2. The van der Waals surface area contributed by atoms with Crippen molar-refractivity contribution in [2.24, 2.45) is 0 Å². The fourth-order valence-corrected chi connectivity index (χ4v) is 4.57. The number of amides is 2. The lowest BCUT2D eigenvalue weighted by atomic mass is 10.0. The maximum atomic E-state index is 13.6. The van der Waals surface area contributed by atoms with Crippen molar-refractivity contribution in [3.63, 3.8) is 0 Å². The normalized spacial score (nSPS) is 13.2. The van der Waals surface area contributed by atoms with Crippen molar-refractivity contribution in [1.29, 1.82) is 0 Å². The molecule has 240 valence electrons. The molecular formula is C32H27Cl2F3N4O5. The number of hydrogen-bond donors (Lipinski definition) is 4. The Labute approximate surface area is 271 Å². The minimum absolute atomic E-state index is 0.0109. The van der Waals surface area contributed by atoms with Crippen molar-refractivity contribution >= 4 is 52.5 Å². The van der Waals surface area contributed by atoms with E-state index in [9.17, 15) is 22.8 Å². The summed E-state index contributed by atoms with van der Waals surface area (Å²) in [6.45, 7) is 1.71. The van der Waals surface area contributed by atoms with Crippen molar-refractivity contribution < 1.29 is 37.4 Å². The number of piperidine rings is 1. The average molecular weight is 675 g/mol. The molecule has 1 aromatic heterocycles. The van der Waals surface area contributed by atoms with Crippen LogP contribution in [0.15, 0.2) is 85.1 Å². The molecule has 1 aliphatic heterocycles. The molecule has 0 unspecified atom stereocenters. The highest BCUT2D eigenvalue weighted by Crippen LogP contribution is 2.31. The Bertz CT molecular complexity index is 1680. The number of para-hydroxylation sites is 1. The molecule has 9 nitrogen and oxygen atoms in total. The number of aliphatic carboxylic acids is 1. The van der Waals surface area contributed by atoms with E-state index in [1.54, 1.807) is 42.5 Å². The summed E-state index contributed by atoms with van der Waals surface area (Å²) in [6.07, 6.45) is -1.96. The summed E-state index contributed by atoms with van der Waals surface area (Å²) in [7, 11) is 0. The number of carbonyl (C=O) groups is 3. The molecule has 0 bridgehead atoms. The molecule has 0 radical (unpaired) electrons. The third-order valence-electron chi connectivity index (χ3n) is 6.61. The Morgan fingerprint density at radius 1 is 0.826 bits per heavy atom. The second-order valence-electron chi connectivity index (χ2n) is 9.90. The van der Waals surface area contributed by atoms with E-state index in [0.717, 1.165) is 37.1 Å². The first-order chi connectivity index (χ1) is 21.9. The number of alkyl halides is 3. The maximum Gasteiger partial charge on any atom is 0.490 e. The lowest BCUT2D eigenvalue weighted by Gasteiger charge is -2.25. The summed E-state index contributed by atoms with van der Waals surface area (Å²) >= 11 is 12.0. The van der Waals surface area contributed by atoms with Gasteiger partial charge in [-0.1, -0.05) is 53.5 Å². The summed E-state index contributed by atoms with van der Waals surface area (Å²) in [4.78, 5) is 39.6. The van der Waals surface area contributed by atoms with Gasteiger partial charge < -0.3 is 25.8 Å². The van der Waals surface area contributed by atoms with Crippen LogP contribution in [0.2, 0.25) is 10.0 Å². The van der Waals surface area contributed by atoms with Crippen molar-refractivity contribution in [1.82, 2.24) is 10.3 Å². The van der Waals surface area contributed by atoms with E-state index in [-0.39, 0.29) is 12.0 Å². The van der Waals surface area contributed by atoms with Crippen LogP contribution in [0.4, 0.5) is 24.7 Å². The van der Waals surface area contributed by atoms with Gasteiger partial charge in [-0.3, -0.25) is 9.59 Å². The van der Waals surface area contributed by atoms with Crippen LogP contribution < -0.4 is 20.7 Å². The van der Waals surface area contributed by atoms with Crippen molar-refractivity contribution in [3.05, 3.63) is 106 Å². The zero-order chi connectivity index (χ0) is 33.3. The quantitative estimate of drug-likeness (QED) is 0.162. The summed E-state index contributed by atoms with van der Waals surface area (Å²) in [5.74, 6) is -2.72. The van der Waals surface area contributed by atoms with Crippen LogP contribution in [0.25, 0.3) is 11.1 Å². The number of nitrogens with zero attached hydrogens (tertiary/aromatic N) is 1. The third-order valence-corrected chi connectivity index (χ3v) is 7.09. The van der Waals surface area contributed by atoms with Crippen LogP contribution in [-0.4, -0.2) is 53.2 Å². The lowest BCUT2D eigenvalue weighted by Crippen LogP contribution is -2.34. The number of anilines is 2. The Balaban J connectivity index is 0.000000617. The van der Waals surface area contributed by atoms with Crippen molar-refractivity contribution in [2.75, 3.05) is 23.7 Å². The Kier molecular flexibility index (Phi) is 11.6. The standard InChI is InChI=1S/C30H26Cl2N4O3.C2HF3O2/c31-21-8-5-19(6-9-21)20-7-11-25(27(17-20)39-23-13-15-33-16-14-23)30(38)35-26-4-2-1-3-24(26)29(37)36-28-12-10-22(32)18-34-28;3-2(4,5)1(6)7/h1-12,17-18,23,33H,13-16H2,(H,35,38)(H,34,36,37);(H,6,7). The van der Waals surface area contributed by atoms with Crippen LogP contribution in [0.3, 0.4) is 0 Å². The predicted molar refractivity (Wildman–Crippen MR) is 169 cm³/mol. The maximum absolute atomic E-state index is 13.6. The zero-order valence-corrected chi connectivity index (χ0v) is 25.4. The van der Waals surface area contributed by atoms with Gasteiger partial charge >= 0.3 is 12.1 Å². The van der Waals surface area contributed by atoms with Crippen LogP contribution in [0, 0.1) is 0 Å². The Morgan fingerprint density at radius 3 is 2.07 bits per heavy atom. The van der Waals surface area contributed by atoms with E-state index in [1.165, 1.54) is 6.20 Å². The number of ether oxygens (including phenoxy) is 1. The second kappa shape index (κ2) is 15.6. The van der Waals surface area contributed by atoms with Gasteiger partial charge in [0.2, 0.25) is 0 Å². The van der Waals surface area contributed by atoms with E-state index >= 15 is 0 Å². The number of carboxylic acids is 1. The molecule has 0 saturated carbocycles. The fraction of sp³-hybridized carbons (Fsp3) is 0.188. The predicted octanol–water partition coefficient (Wildman–Crippen LogP) is 7.32. The first-order valence-electron chi connectivity index (χ1n) is 13.8. The highest BCUT2D eigenvalue weighted by molar-refractivity contribution is 6.30. The average Bonchev–Trinajstić information content (AvgIpc) is 3.03. The minimum Gasteiger partial charge on any atom is -0.489 e. The van der Waals surface area contributed by atoms with Gasteiger partial charge in [-0.05, 0) is 85.6 Å². The molecule has 4 aromatic rings. The fourth-order valence-electron chi connectivity index (χ4n) is 4.34. The summed E-state index contributed by atoms with van der Waals surface area (Å²) in [5.41, 5.74) is 2.90. The van der Waals surface area contributed by atoms with Gasteiger partial charge in [0.05, 0.1) is 21.8 Å². The molecule has 4 N–H and O–H groups in total. The van der Waals surface area contributed by atoms with E-state index < -0.39 is 18.1 Å². The van der Waals surface area contributed by atoms with Gasteiger partial charge in [0.15, 0.2) is 0 Å². The molecule has 1 fully saturated rings. The number of carboxylic acid groups (broad SMARTS) is 1. The number of halogens is 5. The lowest BCUT2D eigenvalue weighted by molar-refractivity contribution is -0.192. The molecule has 1 saturated heterocycles. The molecule has 3 aromatic carbocycles. The monoisotopic (exact) mass is 674 g/mol. The van der Waals surface area contributed by atoms with E-state index in [4.69, 9.17) is 37.8 Å². The number of carbonyl (C=O) groups excluding carboxylic acids is 2. The smallest absolute Gasteiger partial charge is 0.489 e. The zero-order valence-electron chi connectivity index (χ0n) is 23.9. The van der Waals surface area contributed by atoms with Crippen LogP contribution in [-0.2, 0) is 4.79 Å².